The van der Waals surface area contributed by atoms with Gasteiger partial charge >= 0.3 is 6.09 Å². The van der Waals surface area contributed by atoms with Gasteiger partial charge in [0.15, 0.2) is 0 Å². The monoisotopic (exact) mass is 363 g/mol. The molecule has 2 saturated heterocycles. The lowest BCUT2D eigenvalue weighted by Crippen LogP contribution is -2.49. The van der Waals surface area contributed by atoms with Gasteiger partial charge in [0.25, 0.3) is 5.91 Å². The maximum atomic E-state index is 12.5. The van der Waals surface area contributed by atoms with Gasteiger partial charge in [-0.15, -0.1) is 0 Å². The molecule has 2 fully saturated rings. The first-order valence-corrected chi connectivity index (χ1v) is 9.01. The van der Waals surface area contributed by atoms with Gasteiger partial charge in [-0.1, -0.05) is 0 Å². The van der Waals surface area contributed by atoms with E-state index in [4.69, 9.17) is 4.74 Å². The molecule has 2 aliphatic heterocycles. The number of nitriles is 1. The van der Waals surface area contributed by atoms with E-state index in [0.717, 1.165) is 13.1 Å². The summed E-state index contributed by atoms with van der Waals surface area (Å²) in [4.78, 5) is 32.1. The second-order valence-corrected chi connectivity index (χ2v) is 7.75. The van der Waals surface area contributed by atoms with Crippen molar-refractivity contribution in [2.75, 3.05) is 59.4 Å². The van der Waals surface area contributed by atoms with Crippen molar-refractivity contribution < 1.29 is 14.3 Å². The summed E-state index contributed by atoms with van der Waals surface area (Å²) in [5.74, 6) is -0.213. The van der Waals surface area contributed by atoms with Crippen molar-refractivity contribution in [3.8, 4) is 6.07 Å². The molecule has 2 heterocycles. The Balaban J connectivity index is 1.90. The highest BCUT2D eigenvalue weighted by molar-refractivity contribution is 5.97. The van der Waals surface area contributed by atoms with Crippen LogP contribution in [-0.4, -0.2) is 96.6 Å². The van der Waals surface area contributed by atoms with Crippen LogP contribution in [0.4, 0.5) is 4.79 Å². The number of amides is 2. The average Bonchev–Trinajstić information content (AvgIpc) is 2.58. The van der Waals surface area contributed by atoms with E-state index in [1.807, 2.05) is 38.8 Å². The largest absolute Gasteiger partial charge is 0.444 e. The predicted octanol–water partition coefficient (Wildman–Crippen LogP) is 0.721. The van der Waals surface area contributed by atoms with Crippen molar-refractivity contribution >= 4 is 12.0 Å². The number of carbonyl (C=O) groups excluding carboxylic acids is 2. The Kier molecular flexibility index (Phi) is 6.48. The lowest BCUT2D eigenvalue weighted by atomic mass is 10.2. The van der Waals surface area contributed by atoms with Crippen LogP contribution in [-0.2, 0) is 9.53 Å². The van der Waals surface area contributed by atoms with Crippen molar-refractivity contribution in [1.82, 2.24) is 19.6 Å². The Morgan fingerprint density at radius 2 is 1.50 bits per heavy atom. The number of rotatable bonds is 2. The molecule has 0 N–H and O–H groups in total. The van der Waals surface area contributed by atoms with Gasteiger partial charge in [0.05, 0.1) is 0 Å². The first-order chi connectivity index (χ1) is 12.2. The Morgan fingerprint density at radius 1 is 0.962 bits per heavy atom. The minimum Gasteiger partial charge on any atom is -0.444 e. The number of ether oxygens (including phenoxy) is 1. The molecule has 8 nitrogen and oxygen atoms in total. The van der Waals surface area contributed by atoms with E-state index in [1.165, 1.54) is 0 Å². The van der Waals surface area contributed by atoms with Crippen LogP contribution >= 0.6 is 0 Å². The number of nitrogens with zero attached hydrogens (tertiary/aromatic N) is 5. The number of piperazine rings is 2. The molecular weight excluding hydrogens is 334 g/mol. The van der Waals surface area contributed by atoms with Crippen LogP contribution in [0.3, 0.4) is 0 Å². The fourth-order valence-electron chi connectivity index (χ4n) is 2.85. The van der Waals surface area contributed by atoms with Crippen LogP contribution in [0.25, 0.3) is 0 Å². The second kappa shape index (κ2) is 8.41. The fourth-order valence-corrected chi connectivity index (χ4v) is 2.85. The quantitative estimate of drug-likeness (QED) is 0.531. The van der Waals surface area contributed by atoms with E-state index in [9.17, 15) is 14.9 Å². The summed E-state index contributed by atoms with van der Waals surface area (Å²) in [5, 5.41) is 9.39. The maximum Gasteiger partial charge on any atom is 0.410 e. The van der Waals surface area contributed by atoms with E-state index in [-0.39, 0.29) is 17.6 Å². The smallest absolute Gasteiger partial charge is 0.410 e. The SMILES string of the molecule is CN1CCN(C(=O)/C(C#N)=C\N2CCN(C(=O)OC(C)(C)C)CC2)CC1. The molecule has 8 heteroatoms. The summed E-state index contributed by atoms with van der Waals surface area (Å²) in [6.07, 6.45) is 1.31. The van der Waals surface area contributed by atoms with Crippen molar-refractivity contribution in [2.45, 2.75) is 26.4 Å². The molecule has 26 heavy (non-hydrogen) atoms. The molecule has 2 amide bonds. The molecule has 2 aliphatic rings. The Morgan fingerprint density at radius 3 is 2.00 bits per heavy atom. The number of hydrogen-bond donors (Lipinski definition) is 0. The summed E-state index contributed by atoms with van der Waals surface area (Å²) in [5.41, 5.74) is -0.364. The molecular formula is C18H29N5O3. The molecule has 0 aromatic rings. The van der Waals surface area contributed by atoms with E-state index < -0.39 is 5.60 Å². The molecule has 0 atom stereocenters. The normalized spacial score (nSPS) is 20.0. The highest BCUT2D eigenvalue weighted by atomic mass is 16.6. The highest BCUT2D eigenvalue weighted by Crippen LogP contribution is 2.13. The van der Waals surface area contributed by atoms with E-state index in [2.05, 4.69) is 4.90 Å². The number of carbonyl (C=O) groups is 2. The van der Waals surface area contributed by atoms with Crippen LogP contribution < -0.4 is 0 Å². The Labute approximate surface area is 155 Å². The van der Waals surface area contributed by atoms with Crippen LogP contribution in [0, 0.1) is 11.3 Å². The summed E-state index contributed by atoms with van der Waals surface area (Å²) in [6.45, 7) is 10.6. The minimum atomic E-state index is -0.517. The van der Waals surface area contributed by atoms with Crippen molar-refractivity contribution in [3.63, 3.8) is 0 Å². The summed E-state index contributed by atoms with van der Waals surface area (Å²) < 4.78 is 5.38. The summed E-state index contributed by atoms with van der Waals surface area (Å²) in [7, 11) is 2.02. The topological polar surface area (TPSA) is 80.1 Å². The number of hydrogen-bond acceptors (Lipinski definition) is 6. The highest BCUT2D eigenvalue weighted by Gasteiger charge is 2.27. The summed E-state index contributed by atoms with van der Waals surface area (Å²) in [6, 6.07) is 2.03. The number of likely N-dealkylation sites (N-methyl/N-ethyl adjacent to an activating group) is 1. The van der Waals surface area contributed by atoms with Crippen LogP contribution in [0.15, 0.2) is 11.8 Å². The molecule has 0 radical (unpaired) electrons. The Hall–Kier alpha value is -2.27. The van der Waals surface area contributed by atoms with Gasteiger partial charge in [0.2, 0.25) is 0 Å². The van der Waals surface area contributed by atoms with E-state index in [1.54, 1.807) is 16.0 Å². The molecule has 2 rings (SSSR count). The molecule has 0 aliphatic carbocycles. The average molecular weight is 363 g/mol. The maximum absolute atomic E-state index is 12.5. The zero-order chi connectivity index (χ0) is 19.3. The van der Waals surface area contributed by atoms with Crippen molar-refractivity contribution in [2.24, 2.45) is 0 Å². The summed E-state index contributed by atoms with van der Waals surface area (Å²) >= 11 is 0. The molecule has 0 aromatic carbocycles. The van der Waals surface area contributed by atoms with Gasteiger partial charge in [-0.2, -0.15) is 5.26 Å². The standard InChI is InChI=1S/C18H29N5O3/c1-18(2,3)26-17(25)23-11-7-21(8-12-23)14-15(13-19)16(24)22-9-5-20(4)6-10-22/h14H,5-12H2,1-4H3/b15-14-. The van der Waals surface area contributed by atoms with Gasteiger partial charge in [0, 0.05) is 58.6 Å². The van der Waals surface area contributed by atoms with Crippen LogP contribution in [0.2, 0.25) is 0 Å². The van der Waals surface area contributed by atoms with E-state index in [0.29, 0.717) is 39.3 Å². The van der Waals surface area contributed by atoms with Gasteiger partial charge in [-0.3, -0.25) is 4.79 Å². The third kappa shape index (κ3) is 5.63. The van der Waals surface area contributed by atoms with Gasteiger partial charge in [-0.05, 0) is 27.8 Å². The zero-order valence-electron chi connectivity index (χ0n) is 16.2. The van der Waals surface area contributed by atoms with Crippen molar-refractivity contribution in [3.05, 3.63) is 11.8 Å². The van der Waals surface area contributed by atoms with E-state index >= 15 is 0 Å². The molecule has 144 valence electrons. The van der Waals surface area contributed by atoms with Gasteiger partial charge < -0.3 is 24.3 Å². The van der Waals surface area contributed by atoms with Crippen molar-refractivity contribution in [1.29, 1.82) is 5.26 Å². The first-order valence-electron chi connectivity index (χ1n) is 9.01. The zero-order valence-corrected chi connectivity index (χ0v) is 16.2. The third-order valence-electron chi connectivity index (χ3n) is 4.42. The second-order valence-electron chi connectivity index (χ2n) is 7.75. The van der Waals surface area contributed by atoms with Crippen LogP contribution in [0.5, 0.6) is 0 Å². The molecule has 0 unspecified atom stereocenters. The Bertz CT molecular complexity index is 589. The lowest BCUT2D eigenvalue weighted by molar-refractivity contribution is -0.128. The fraction of sp³-hybridized carbons (Fsp3) is 0.722. The molecule has 0 saturated carbocycles. The van der Waals surface area contributed by atoms with Gasteiger partial charge in [-0.25, -0.2) is 4.79 Å². The first kappa shape index (κ1) is 20.0. The third-order valence-corrected chi connectivity index (χ3v) is 4.42. The van der Waals surface area contributed by atoms with Gasteiger partial charge in [0.1, 0.15) is 17.2 Å². The minimum absolute atomic E-state index is 0.153. The molecule has 0 bridgehead atoms. The lowest BCUT2D eigenvalue weighted by Gasteiger charge is -2.35. The molecule has 0 aromatic heterocycles. The van der Waals surface area contributed by atoms with Crippen LogP contribution in [0.1, 0.15) is 20.8 Å². The predicted molar refractivity (Wildman–Crippen MR) is 97.2 cm³/mol. The molecule has 0 spiro atoms.